The maximum atomic E-state index is 5.88. The van der Waals surface area contributed by atoms with E-state index in [4.69, 9.17) is 10.3 Å². The summed E-state index contributed by atoms with van der Waals surface area (Å²) in [6, 6.07) is 2.46. The fourth-order valence-corrected chi connectivity index (χ4v) is 2.77. The predicted octanol–water partition coefficient (Wildman–Crippen LogP) is 2.02. The highest BCUT2D eigenvalue weighted by Crippen LogP contribution is 2.28. The van der Waals surface area contributed by atoms with Crippen LogP contribution in [0, 0.1) is 5.92 Å². The second-order valence-corrected chi connectivity index (χ2v) is 4.52. The molecular formula is C12H21N3O. The molecule has 1 saturated heterocycles. The van der Waals surface area contributed by atoms with Crippen LogP contribution in [0.3, 0.4) is 0 Å². The summed E-state index contributed by atoms with van der Waals surface area (Å²) >= 11 is 0. The van der Waals surface area contributed by atoms with Crippen LogP contribution >= 0.6 is 0 Å². The van der Waals surface area contributed by atoms with Crippen LogP contribution in [0.4, 0.5) is 5.82 Å². The van der Waals surface area contributed by atoms with E-state index >= 15 is 0 Å². The minimum atomic E-state index is 0.512. The van der Waals surface area contributed by atoms with Crippen LogP contribution < -0.4 is 10.6 Å². The normalized spacial score (nSPS) is 26.8. The van der Waals surface area contributed by atoms with E-state index in [1.54, 1.807) is 6.26 Å². The van der Waals surface area contributed by atoms with Gasteiger partial charge in [0.15, 0.2) is 5.82 Å². The predicted molar refractivity (Wildman–Crippen MR) is 64.3 cm³/mol. The molecule has 0 amide bonds. The molecule has 1 fully saturated rings. The molecule has 2 atom stereocenters. The highest BCUT2D eigenvalue weighted by Gasteiger charge is 2.28. The summed E-state index contributed by atoms with van der Waals surface area (Å²) in [6.45, 7) is 4.07. The van der Waals surface area contributed by atoms with Gasteiger partial charge in [0.2, 0.25) is 0 Å². The monoisotopic (exact) mass is 223 g/mol. The lowest BCUT2D eigenvalue weighted by Gasteiger charge is -2.33. The molecular weight excluding hydrogens is 202 g/mol. The molecule has 16 heavy (non-hydrogen) atoms. The maximum absolute atomic E-state index is 5.88. The Labute approximate surface area is 96.8 Å². The molecule has 2 heterocycles. The highest BCUT2D eigenvalue weighted by atomic mass is 16.5. The van der Waals surface area contributed by atoms with Crippen molar-refractivity contribution in [3.8, 4) is 0 Å². The van der Waals surface area contributed by atoms with Gasteiger partial charge in [-0.05, 0) is 31.7 Å². The van der Waals surface area contributed by atoms with Gasteiger partial charge in [-0.2, -0.15) is 0 Å². The van der Waals surface area contributed by atoms with Crippen LogP contribution in [0.2, 0.25) is 0 Å². The summed E-state index contributed by atoms with van der Waals surface area (Å²) in [5.74, 6) is 1.55. The third kappa shape index (κ3) is 2.21. The molecule has 1 aliphatic heterocycles. The molecule has 0 unspecified atom stereocenters. The largest absolute Gasteiger partial charge is 0.363 e. The quantitative estimate of drug-likeness (QED) is 0.851. The first-order valence-corrected chi connectivity index (χ1v) is 6.24. The zero-order valence-electron chi connectivity index (χ0n) is 9.93. The fourth-order valence-electron chi connectivity index (χ4n) is 2.77. The van der Waals surface area contributed by atoms with Gasteiger partial charge in [-0.25, -0.2) is 0 Å². The van der Waals surface area contributed by atoms with E-state index in [0.29, 0.717) is 12.0 Å². The Hall–Kier alpha value is -1.03. The zero-order valence-corrected chi connectivity index (χ0v) is 9.93. The number of nitrogens with two attached hydrogens (primary N) is 1. The van der Waals surface area contributed by atoms with Crippen LogP contribution in [0.5, 0.6) is 0 Å². The van der Waals surface area contributed by atoms with Gasteiger partial charge in [0, 0.05) is 18.7 Å². The molecule has 90 valence electrons. The van der Waals surface area contributed by atoms with Crippen molar-refractivity contribution in [2.45, 2.75) is 38.6 Å². The van der Waals surface area contributed by atoms with E-state index in [0.717, 1.165) is 25.3 Å². The van der Waals surface area contributed by atoms with E-state index in [1.165, 1.54) is 19.3 Å². The lowest BCUT2D eigenvalue weighted by atomic mass is 9.93. The van der Waals surface area contributed by atoms with Crippen LogP contribution in [-0.2, 0) is 0 Å². The Morgan fingerprint density at radius 2 is 2.44 bits per heavy atom. The first-order valence-electron chi connectivity index (χ1n) is 6.24. The molecule has 0 aromatic carbocycles. The first kappa shape index (κ1) is 11.5. The summed E-state index contributed by atoms with van der Waals surface area (Å²) in [5, 5.41) is 4.06. The van der Waals surface area contributed by atoms with Crippen molar-refractivity contribution in [1.82, 2.24) is 5.16 Å². The molecule has 1 aromatic heterocycles. The number of aromatic nitrogens is 1. The maximum Gasteiger partial charge on any atom is 0.172 e. The van der Waals surface area contributed by atoms with E-state index in [2.05, 4.69) is 17.0 Å². The number of nitrogens with zero attached hydrogens (tertiary/aromatic N) is 2. The Bertz CT molecular complexity index is 299. The van der Waals surface area contributed by atoms with Crippen LogP contribution in [0.1, 0.15) is 32.6 Å². The Balaban J connectivity index is 2.19. The van der Waals surface area contributed by atoms with Gasteiger partial charge in [-0.3, -0.25) is 0 Å². The molecule has 0 radical (unpaired) electrons. The van der Waals surface area contributed by atoms with Crippen molar-refractivity contribution in [2.75, 3.05) is 18.0 Å². The number of rotatable bonds is 3. The van der Waals surface area contributed by atoms with E-state index in [1.807, 2.05) is 6.07 Å². The second kappa shape index (κ2) is 5.34. The number of hydrogen-bond donors (Lipinski definition) is 1. The average molecular weight is 223 g/mol. The lowest BCUT2D eigenvalue weighted by molar-refractivity contribution is 0.379. The van der Waals surface area contributed by atoms with Gasteiger partial charge in [0.1, 0.15) is 6.26 Å². The topological polar surface area (TPSA) is 55.3 Å². The fraction of sp³-hybridized carbons (Fsp3) is 0.750. The molecule has 0 aliphatic carbocycles. The standard InChI is InChI=1S/C12H21N3O/c1-2-11-10(9-13)5-3-4-7-15(11)12-6-8-16-14-12/h6,8,10-11H,2-5,7,9,13H2,1H3/t10-,11-/m1/s1. The smallest absolute Gasteiger partial charge is 0.172 e. The van der Waals surface area contributed by atoms with Gasteiger partial charge >= 0.3 is 0 Å². The van der Waals surface area contributed by atoms with Crippen LogP contribution in [0.15, 0.2) is 16.9 Å². The van der Waals surface area contributed by atoms with Crippen molar-refractivity contribution >= 4 is 5.82 Å². The van der Waals surface area contributed by atoms with Crippen LogP contribution in [-0.4, -0.2) is 24.3 Å². The number of hydrogen-bond acceptors (Lipinski definition) is 4. The second-order valence-electron chi connectivity index (χ2n) is 4.52. The van der Waals surface area contributed by atoms with Crippen LogP contribution in [0.25, 0.3) is 0 Å². The SMILES string of the molecule is CC[C@@H]1[C@@H](CN)CCCCN1c1ccon1. The Morgan fingerprint density at radius 1 is 1.56 bits per heavy atom. The van der Waals surface area contributed by atoms with Crippen molar-refractivity contribution in [3.63, 3.8) is 0 Å². The van der Waals surface area contributed by atoms with Gasteiger partial charge in [-0.1, -0.05) is 18.5 Å². The molecule has 2 rings (SSSR count). The number of anilines is 1. The molecule has 1 aromatic rings. The van der Waals surface area contributed by atoms with Gasteiger partial charge < -0.3 is 15.2 Å². The molecule has 2 N–H and O–H groups in total. The summed E-state index contributed by atoms with van der Waals surface area (Å²) in [4.78, 5) is 2.37. The lowest BCUT2D eigenvalue weighted by Crippen LogP contribution is -2.42. The molecule has 1 aliphatic rings. The van der Waals surface area contributed by atoms with E-state index in [9.17, 15) is 0 Å². The van der Waals surface area contributed by atoms with Gasteiger partial charge in [-0.15, -0.1) is 0 Å². The minimum absolute atomic E-state index is 0.512. The third-order valence-corrected chi connectivity index (χ3v) is 3.61. The van der Waals surface area contributed by atoms with E-state index in [-0.39, 0.29) is 0 Å². The summed E-state index contributed by atoms with van der Waals surface area (Å²) in [6.07, 6.45) is 6.50. The van der Waals surface area contributed by atoms with Gasteiger partial charge in [0.25, 0.3) is 0 Å². The molecule has 4 heteroatoms. The minimum Gasteiger partial charge on any atom is -0.363 e. The van der Waals surface area contributed by atoms with Crippen molar-refractivity contribution in [3.05, 3.63) is 12.3 Å². The van der Waals surface area contributed by atoms with Gasteiger partial charge in [0.05, 0.1) is 0 Å². The summed E-state index contributed by atoms with van der Waals surface area (Å²) in [7, 11) is 0. The Kier molecular flexibility index (Phi) is 3.83. The third-order valence-electron chi connectivity index (χ3n) is 3.61. The summed E-state index contributed by atoms with van der Waals surface area (Å²) < 4.78 is 4.95. The Morgan fingerprint density at radius 3 is 3.06 bits per heavy atom. The van der Waals surface area contributed by atoms with E-state index < -0.39 is 0 Å². The first-order chi connectivity index (χ1) is 7.86. The molecule has 4 nitrogen and oxygen atoms in total. The molecule has 0 spiro atoms. The summed E-state index contributed by atoms with van der Waals surface area (Å²) in [5.41, 5.74) is 5.88. The average Bonchev–Trinajstić information content (AvgIpc) is 2.75. The molecule has 0 bridgehead atoms. The van der Waals surface area contributed by atoms with Crippen molar-refractivity contribution < 1.29 is 4.52 Å². The van der Waals surface area contributed by atoms with Crippen molar-refractivity contribution in [2.24, 2.45) is 11.7 Å². The zero-order chi connectivity index (χ0) is 11.4. The van der Waals surface area contributed by atoms with Crippen molar-refractivity contribution in [1.29, 1.82) is 0 Å². The molecule has 0 saturated carbocycles. The highest BCUT2D eigenvalue weighted by molar-refractivity contribution is 5.37.